The van der Waals surface area contributed by atoms with E-state index in [0.29, 0.717) is 31.7 Å². The Kier molecular flexibility index (Phi) is 4.01. The third-order valence-corrected chi connectivity index (χ3v) is 3.30. The third kappa shape index (κ3) is 3.21. The van der Waals surface area contributed by atoms with Gasteiger partial charge in [-0.15, -0.1) is 0 Å². The van der Waals surface area contributed by atoms with Crippen molar-refractivity contribution >= 4 is 17.4 Å². The summed E-state index contributed by atoms with van der Waals surface area (Å²) in [7, 11) is 3.83. The van der Waals surface area contributed by atoms with Crippen molar-refractivity contribution in [1.82, 2.24) is 4.98 Å². The van der Waals surface area contributed by atoms with E-state index < -0.39 is 5.54 Å². The Hall–Kier alpha value is -1.66. The molecule has 0 radical (unpaired) electrons. The number of carbonyl (C=O) groups is 1. The van der Waals surface area contributed by atoms with E-state index in [0.717, 1.165) is 5.82 Å². The van der Waals surface area contributed by atoms with Gasteiger partial charge in [0.2, 0.25) is 5.91 Å². The molecule has 1 aliphatic rings. The van der Waals surface area contributed by atoms with Gasteiger partial charge in [-0.3, -0.25) is 4.79 Å². The van der Waals surface area contributed by atoms with Crippen molar-refractivity contribution in [2.24, 2.45) is 5.73 Å². The largest absolute Gasteiger partial charge is 0.381 e. The van der Waals surface area contributed by atoms with Crippen molar-refractivity contribution < 1.29 is 9.53 Å². The molecule has 1 aromatic heterocycles. The van der Waals surface area contributed by atoms with E-state index in [1.165, 1.54) is 0 Å². The molecule has 1 saturated heterocycles. The first-order valence-corrected chi connectivity index (χ1v) is 6.33. The molecule has 104 valence electrons. The Bertz CT molecular complexity index is 438. The summed E-state index contributed by atoms with van der Waals surface area (Å²) in [5.74, 6) is 0.668. The molecule has 0 aliphatic carbocycles. The average molecular weight is 264 g/mol. The molecule has 0 aromatic carbocycles. The van der Waals surface area contributed by atoms with Crippen molar-refractivity contribution in [3.63, 3.8) is 0 Å². The van der Waals surface area contributed by atoms with Crippen LogP contribution in [0.25, 0.3) is 0 Å². The van der Waals surface area contributed by atoms with Gasteiger partial charge in [-0.1, -0.05) is 0 Å². The molecular weight excluding hydrogens is 244 g/mol. The quantitative estimate of drug-likeness (QED) is 0.835. The summed E-state index contributed by atoms with van der Waals surface area (Å²) < 4.78 is 5.23. The predicted octanol–water partition coefficient (Wildman–Crippen LogP) is 0.594. The van der Waals surface area contributed by atoms with Crippen LogP contribution in [0.3, 0.4) is 0 Å². The predicted molar refractivity (Wildman–Crippen MR) is 74.2 cm³/mol. The molecule has 6 heteroatoms. The minimum atomic E-state index is -0.835. The number of amides is 1. The highest BCUT2D eigenvalue weighted by Crippen LogP contribution is 2.20. The summed E-state index contributed by atoms with van der Waals surface area (Å²) in [5.41, 5.74) is 5.93. The Morgan fingerprint density at radius 2 is 2.11 bits per heavy atom. The number of nitrogens with zero attached hydrogens (tertiary/aromatic N) is 2. The maximum absolute atomic E-state index is 12.2. The topological polar surface area (TPSA) is 80.5 Å². The van der Waals surface area contributed by atoms with E-state index in [1.54, 1.807) is 6.20 Å². The first kappa shape index (κ1) is 13.8. The molecule has 2 heterocycles. The molecule has 0 atom stereocenters. The zero-order chi connectivity index (χ0) is 13.9. The molecule has 1 amide bonds. The van der Waals surface area contributed by atoms with Crippen LogP contribution < -0.4 is 16.0 Å². The summed E-state index contributed by atoms with van der Waals surface area (Å²) in [6, 6.07) is 3.67. The molecule has 1 aromatic rings. The molecular formula is C13H20N4O2. The summed E-state index contributed by atoms with van der Waals surface area (Å²) in [5, 5.41) is 2.82. The average Bonchev–Trinajstić information content (AvgIpc) is 2.40. The number of carbonyl (C=O) groups excluding carboxylic acids is 1. The molecule has 1 aliphatic heterocycles. The SMILES string of the molecule is CN(C)c1ccc(NC(=O)C2(N)CCOCC2)cn1. The first-order chi connectivity index (χ1) is 9.01. The number of rotatable bonds is 3. The second-order valence-corrected chi connectivity index (χ2v) is 5.02. The third-order valence-electron chi connectivity index (χ3n) is 3.30. The lowest BCUT2D eigenvalue weighted by atomic mass is 9.90. The van der Waals surface area contributed by atoms with Crippen LogP contribution in [0, 0.1) is 0 Å². The number of hydrogen-bond donors (Lipinski definition) is 2. The Balaban J connectivity index is 2.02. The zero-order valence-corrected chi connectivity index (χ0v) is 11.3. The fraction of sp³-hybridized carbons (Fsp3) is 0.538. The van der Waals surface area contributed by atoms with Gasteiger partial charge in [-0.2, -0.15) is 0 Å². The molecule has 1 fully saturated rings. The van der Waals surface area contributed by atoms with E-state index in [-0.39, 0.29) is 5.91 Å². The fourth-order valence-electron chi connectivity index (χ4n) is 1.94. The molecule has 0 unspecified atom stereocenters. The number of pyridine rings is 1. The minimum Gasteiger partial charge on any atom is -0.381 e. The minimum absolute atomic E-state index is 0.171. The van der Waals surface area contributed by atoms with E-state index in [4.69, 9.17) is 10.5 Å². The smallest absolute Gasteiger partial charge is 0.244 e. The maximum atomic E-state index is 12.2. The van der Waals surface area contributed by atoms with Crippen LogP contribution in [0.5, 0.6) is 0 Å². The van der Waals surface area contributed by atoms with Gasteiger partial charge in [0.1, 0.15) is 11.4 Å². The number of hydrogen-bond acceptors (Lipinski definition) is 5. The van der Waals surface area contributed by atoms with Crippen molar-refractivity contribution in [3.8, 4) is 0 Å². The van der Waals surface area contributed by atoms with Gasteiger partial charge in [0, 0.05) is 27.3 Å². The zero-order valence-electron chi connectivity index (χ0n) is 11.3. The molecule has 2 rings (SSSR count). The molecule has 0 saturated carbocycles. The highest BCUT2D eigenvalue weighted by atomic mass is 16.5. The van der Waals surface area contributed by atoms with E-state index >= 15 is 0 Å². The Morgan fingerprint density at radius 3 is 2.63 bits per heavy atom. The number of ether oxygens (including phenoxy) is 1. The van der Waals surface area contributed by atoms with E-state index in [9.17, 15) is 4.79 Å². The first-order valence-electron chi connectivity index (χ1n) is 6.33. The highest BCUT2D eigenvalue weighted by Gasteiger charge is 2.35. The second-order valence-electron chi connectivity index (χ2n) is 5.02. The van der Waals surface area contributed by atoms with Crippen LogP contribution in [0.2, 0.25) is 0 Å². The maximum Gasteiger partial charge on any atom is 0.244 e. The van der Waals surface area contributed by atoms with Gasteiger partial charge in [0.25, 0.3) is 0 Å². The molecule has 6 nitrogen and oxygen atoms in total. The van der Waals surface area contributed by atoms with Crippen LogP contribution in [-0.4, -0.2) is 43.7 Å². The van der Waals surface area contributed by atoms with Gasteiger partial charge < -0.3 is 20.7 Å². The molecule has 0 spiro atoms. The van der Waals surface area contributed by atoms with Crippen molar-refractivity contribution in [3.05, 3.63) is 18.3 Å². The standard InChI is InChI=1S/C13H20N4O2/c1-17(2)11-4-3-10(9-15-11)16-12(18)13(14)5-7-19-8-6-13/h3-4,9H,5-8,14H2,1-2H3,(H,16,18). The monoisotopic (exact) mass is 264 g/mol. The van der Waals surface area contributed by atoms with Gasteiger partial charge in [-0.05, 0) is 25.0 Å². The number of anilines is 2. The Labute approximate surface area is 112 Å². The van der Waals surface area contributed by atoms with Gasteiger partial charge in [-0.25, -0.2) is 4.98 Å². The Morgan fingerprint density at radius 1 is 1.42 bits per heavy atom. The molecule has 0 bridgehead atoms. The summed E-state index contributed by atoms with van der Waals surface area (Å²) in [6.45, 7) is 1.06. The van der Waals surface area contributed by atoms with Crippen LogP contribution in [0.4, 0.5) is 11.5 Å². The van der Waals surface area contributed by atoms with Gasteiger partial charge in [0.15, 0.2) is 0 Å². The van der Waals surface area contributed by atoms with Crippen molar-refractivity contribution in [2.75, 3.05) is 37.5 Å². The normalized spacial score (nSPS) is 17.8. The van der Waals surface area contributed by atoms with Crippen LogP contribution in [0.15, 0.2) is 18.3 Å². The van der Waals surface area contributed by atoms with Gasteiger partial charge in [0.05, 0.1) is 11.9 Å². The molecule has 3 N–H and O–H groups in total. The van der Waals surface area contributed by atoms with Crippen LogP contribution in [-0.2, 0) is 9.53 Å². The lowest BCUT2D eigenvalue weighted by Crippen LogP contribution is -2.54. The number of aromatic nitrogens is 1. The highest BCUT2D eigenvalue weighted by molar-refractivity contribution is 5.97. The van der Waals surface area contributed by atoms with E-state index in [2.05, 4.69) is 10.3 Å². The van der Waals surface area contributed by atoms with Crippen LogP contribution in [0.1, 0.15) is 12.8 Å². The summed E-state index contributed by atoms with van der Waals surface area (Å²) >= 11 is 0. The molecule has 19 heavy (non-hydrogen) atoms. The van der Waals surface area contributed by atoms with Crippen molar-refractivity contribution in [2.45, 2.75) is 18.4 Å². The number of nitrogens with one attached hydrogen (secondary N) is 1. The lowest BCUT2D eigenvalue weighted by molar-refractivity contribution is -0.124. The van der Waals surface area contributed by atoms with Crippen LogP contribution >= 0.6 is 0 Å². The van der Waals surface area contributed by atoms with E-state index in [1.807, 2.05) is 31.1 Å². The van der Waals surface area contributed by atoms with Crippen molar-refractivity contribution in [1.29, 1.82) is 0 Å². The number of nitrogens with two attached hydrogens (primary N) is 1. The van der Waals surface area contributed by atoms with Gasteiger partial charge >= 0.3 is 0 Å². The fourth-order valence-corrected chi connectivity index (χ4v) is 1.94. The second kappa shape index (κ2) is 5.54. The summed E-state index contributed by atoms with van der Waals surface area (Å²) in [4.78, 5) is 18.3. The lowest BCUT2D eigenvalue weighted by Gasteiger charge is -2.31. The summed E-state index contributed by atoms with van der Waals surface area (Å²) in [6.07, 6.45) is 2.72.